The van der Waals surface area contributed by atoms with Crippen molar-refractivity contribution in [2.24, 2.45) is 5.10 Å². The highest BCUT2D eigenvalue weighted by Gasteiger charge is 2.34. The van der Waals surface area contributed by atoms with Gasteiger partial charge in [-0.25, -0.2) is 13.8 Å². The number of nitrogens with one attached hydrogen (secondary N) is 1. The Kier molecular flexibility index (Phi) is 9.51. The molecule has 4 rings (SSSR count). The fraction of sp³-hybridized carbons (Fsp3) is 0.172. The minimum absolute atomic E-state index is 0.0291. The van der Waals surface area contributed by atoms with Crippen LogP contribution in [0.25, 0.3) is 5.69 Å². The maximum Gasteiger partial charge on any atom is 0.289 e. The van der Waals surface area contributed by atoms with E-state index in [-0.39, 0.29) is 11.4 Å². The Morgan fingerprint density at radius 1 is 1.07 bits per heavy atom. The first-order valence-corrected chi connectivity index (χ1v) is 15.0. The number of ether oxygens (including phenoxy) is 2. The summed E-state index contributed by atoms with van der Waals surface area (Å²) in [4.78, 5) is 23.4. The second kappa shape index (κ2) is 13.1. The van der Waals surface area contributed by atoms with Crippen molar-refractivity contribution in [3.8, 4) is 17.2 Å². The van der Waals surface area contributed by atoms with Crippen molar-refractivity contribution in [2.75, 3.05) is 25.1 Å². The molecule has 0 fully saturated rings. The van der Waals surface area contributed by atoms with Crippen LogP contribution in [-0.4, -0.2) is 50.8 Å². The number of nitro benzene ring substituents is 1. The highest BCUT2D eigenvalue weighted by Crippen LogP contribution is 2.37. The molecule has 1 N–H and O–H groups in total. The molecule has 0 saturated heterocycles. The number of nitro groups is 1. The molecule has 0 atom stereocenters. The normalized spacial score (nSPS) is 11.4. The molecule has 1 amide bonds. The third-order valence-corrected chi connectivity index (χ3v) is 8.86. The molecule has 0 spiro atoms. The molecule has 0 aliphatic rings. The van der Waals surface area contributed by atoms with Crippen LogP contribution in [-0.2, 0) is 14.8 Å². The van der Waals surface area contributed by atoms with Crippen molar-refractivity contribution >= 4 is 49.4 Å². The Morgan fingerprint density at radius 3 is 2.42 bits per heavy atom. The molecular weight excluding hydrogens is 642 g/mol. The maximum atomic E-state index is 13.9. The van der Waals surface area contributed by atoms with Gasteiger partial charge in [0, 0.05) is 39.2 Å². The monoisotopic (exact) mass is 669 g/mol. The second-order valence-corrected chi connectivity index (χ2v) is 12.0. The highest BCUT2D eigenvalue weighted by atomic mass is 79.9. The van der Waals surface area contributed by atoms with Gasteiger partial charge < -0.3 is 14.0 Å². The molecule has 43 heavy (non-hydrogen) atoms. The first-order valence-electron chi connectivity index (χ1n) is 12.7. The Hall–Kier alpha value is -4.69. The molecule has 0 unspecified atom stereocenters. The first kappa shape index (κ1) is 31.3. The van der Waals surface area contributed by atoms with Gasteiger partial charge in [0.15, 0.2) is 4.90 Å². The predicted molar refractivity (Wildman–Crippen MR) is 166 cm³/mol. The Bertz CT molecular complexity index is 1800. The van der Waals surface area contributed by atoms with Crippen LogP contribution < -0.4 is 19.2 Å². The smallest absolute Gasteiger partial charge is 0.289 e. The lowest BCUT2D eigenvalue weighted by Gasteiger charge is -2.25. The molecule has 1 heterocycles. The second-order valence-electron chi connectivity index (χ2n) is 9.21. The number of para-hydroxylation sites is 1. The summed E-state index contributed by atoms with van der Waals surface area (Å²) in [6.45, 7) is 3.10. The molecule has 3 aromatic carbocycles. The summed E-state index contributed by atoms with van der Waals surface area (Å²) >= 11 is 3.44. The third kappa shape index (κ3) is 6.70. The molecule has 224 valence electrons. The number of carbonyl (C=O) groups excluding carboxylic acids is 1. The topological polar surface area (TPSA) is 145 Å². The van der Waals surface area contributed by atoms with Crippen LogP contribution in [0.2, 0.25) is 0 Å². The zero-order valence-corrected chi connectivity index (χ0v) is 26.0. The summed E-state index contributed by atoms with van der Waals surface area (Å²) in [7, 11) is -1.89. The number of hydrogen-bond acceptors (Lipinski definition) is 8. The van der Waals surface area contributed by atoms with Gasteiger partial charge >= 0.3 is 0 Å². The number of amides is 1. The van der Waals surface area contributed by atoms with Crippen molar-refractivity contribution in [3.05, 3.63) is 104 Å². The van der Waals surface area contributed by atoms with E-state index < -0.39 is 38.0 Å². The number of nitrogens with zero attached hydrogens (tertiary/aromatic N) is 4. The molecule has 12 nitrogen and oxygen atoms in total. The fourth-order valence-corrected chi connectivity index (χ4v) is 6.34. The maximum absolute atomic E-state index is 13.9. The zero-order chi connectivity index (χ0) is 31.3. The molecule has 0 saturated carbocycles. The van der Waals surface area contributed by atoms with Crippen LogP contribution in [0.4, 0.5) is 11.4 Å². The summed E-state index contributed by atoms with van der Waals surface area (Å²) in [6, 6.07) is 18.9. The van der Waals surface area contributed by atoms with Crippen LogP contribution >= 0.6 is 15.9 Å². The van der Waals surface area contributed by atoms with E-state index in [0.717, 1.165) is 43.5 Å². The van der Waals surface area contributed by atoms with E-state index in [1.165, 1.54) is 50.8 Å². The lowest BCUT2D eigenvalue weighted by molar-refractivity contribution is -0.387. The van der Waals surface area contributed by atoms with E-state index >= 15 is 0 Å². The lowest BCUT2D eigenvalue weighted by Crippen LogP contribution is -2.40. The van der Waals surface area contributed by atoms with E-state index in [1.807, 2.05) is 48.7 Å². The van der Waals surface area contributed by atoms with Gasteiger partial charge in [-0.15, -0.1) is 0 Å². The number of benzene rings is 3. The van der Waals surface area contributed by atoms with E-state index in [1.54, 1.807) is 0 Å². The van der Waals surface area contributed by atoms with Crippen molar-refractivity contribution in [1.82, 2.24) is 9.99 Å². The van der Waals surface area contributed by atoms with Gasteiger partial charge in [-0.2, -0.15) is 5.10 Å². The fourth-order valence-electron chi connectivity index (χ4n) is 4.48. The number of sulfonamides is 1. The number of halogens is 1. The SMILES string of the molecule is COc1ccc(N(CC(=O)N/N=C\c2cc(C)n(-c3ccc(Br)cc3)c2C)S(=O)(=O)c2ccccc2[N+](=O)[O-])c(OC)c1. The number of rotatable bonds is 11. The summed E-state index contributed by atoms with van der Waals surface area (Å²) in [6.07, 6.45) is 1.46. The van der Waals surface area contributed by atoms with Gasteiger partial charge in [0.2, 0.25) is 0 Å². The third-order valence-electron chi connectivity index (χ3n) is 6.52. The predicted octanol–water partition coefficient (Wildman–Crippen LogP) is 5.13. The van der Waals surface area contributed by atoms with E-state index in [4.69, 9.17) is 9.47 Å². The lowest BCUT2D eigenvalue weighted by atomic mass is 10.2. The van der Waals surface area contributed by atoms with E-state index in [2.05, 4.69) is 26.5 Å². The molecule has 0 radical (unpaired) electrons. The number of aromatic nitrogens is 1. The number of hydrogen-bond donors (Lipinski definition) is 1. The Morgan fingerprint density at radius 2 is 1.77 bits per heavy atom. The quantitative estimate of drug-likeness (QED) is 0.132. The van der Waals surface area contributed by atoms with Crippen molar-refractivity contribution in [3.63, 3.8) is 0 Å². The Balaban J connectivity index is 1.65. The van der Waals surface area contributed by atoms with Crippen LogP contribution in [0.5, 0.6) is 11.5 Å². The van der Waals surface area contributed by atoms with Gasteiger partial charge in [0.25, 0.3) is 21.6 Å². The summed E-state index contributed by atoms with van der Waals surface area (Å²) < 4.78 is 42.0. The molecule has 14 heteroatoms. The number of aryl methyl sites for hydroxylation is 1. The number of methoxy groups -OCH3 is 2. The molecule has 0 aliphatic heterocycles. The first-order chi connectivity index (χ1) is 20.5. The van der Waals surface area contributed by atoms with Crippen molar-refractivity contribution in [1.29, 1.82) is 0 Å². The van der Waals surface area contributed by atoms with Gasteiger partial charge in [-0.3, -0.25) is 19.2 Å². The van der Waals surface area contributed by atoms with Crippen LogP contribution in [0.3, 0.4) is 0 Å². The minimum atomic E-state index is -4.65. The summed E-state index contributed by atoms with van der Waals surface area (Å²) in [5, 5.41) is 15.7. The minimum Gasteiger partial charge on any atom is -0.497 e. The van der Waals surface area contributed by atoms with E-state index in [9.17, 15) is 23.3 Å². The summed E-state index contributed by atoms with van der Waals surface area (Å²) in [5.41, 5.74) is 5.21. The van der Waals surface area contributed by atoms with E-state index in [0.29, 0.717) is 5.75 Å². The average Bonchev–Trinajstić information content (AvgIpc) is 3.28. The molecule has 1 aromatic heterocycles. The zero-order valence-electron chi connectivity index (χ0n) is 23.6. The van der Waals surface area contributed by atoms with Crippen molar-refractivity contribution in [2.45, 2.75) is 18.7 Å². The van der Waals surface area contributed by atoms with Gasteiger partial charge in [-0.05, 0) is 62.4 Å². The van der Waals surface area contributed by atoms with Gasteiger partial charge in [-0.1, -0.05) is 28.1 Å². The molecule has 0 bridgehead atoms. The number of hydrazone groups is 1. The molecular formula is C29H28BrN5O7S. The van der Waals surface area contributed by atoms with Crippen molar-refractivity contribution < 1.29 is 27.6 Å². The average molecular weight is 671 g/mol. The number of anilines is 1. The molecule has 4 aromatic rings. The molecule has 0 aliphatic carbocycles. The van der Waals surface area contributed by atoms with Gasteiger partial charge in [0.1, 0.15) is 18.0 Å². The summed E-state index contributed by atoms with van der Waals surface area (Å²) in [5.74, 6) is -0.352. The van der Waals surface area contributed by atoms with Crippen LogP contribution in [0.15, 0.2) is 87.3 Å². The Labute approximate surface area is 256 Å². The standard InChI is InChI=1S/C29H28BrN5O7S/c1-19-15-21(20(2)34(19)23-11-9-22(30)10-12-23)17-31-32-29(36)18-33(25-14-13-24(41-3)16-27(25)42-4)43(39,40)28-8-6-5-7-26(28)35(37)38/h5-17H,18H2,1-4H3,(H,32,36)/b31-17-. The van der Waals surface area contributed by atoms with Crippen LogP contribution in [0.1, 0.15) is 17.0 Å². The highest BCUT2D eigenvalue weighted by molar-refractivity contribution is 9.10. The number of carbonyl (C=O) groups is 1. The van der Waals surface area contributed by atoms with Gasteiger partial charge in [0.05, 0.1) is 31.0 Å². The largest absolute Gasteiger partial charge is 0.497 e. The van der Waals surface area contributed by atoms with Crippen LogP contribution in [0, 0.1) is 24.0 Å².